The van der Waals surface area contributed by atoms with Crippen LogP contribution < -0.4 is 15.4 Å². The fourth-order valence-electron chi connectivity index (χ4n) is 3.54. The van der Waals surface area contributed by atoms with Crippen molar-refractivity contribution in [3.05, 3.63) is 60.0 Å². The molecule has 0 radical (unpaired) electrons. The number of aromatic nitrogens is 3. The van der Waals surface area contributed by atoms with Crippen molar-refractivity contribution in [3.8, 4) is 5.75 Å². The Morgan fingerprint density at radius 3 is 2.91 bits per heavy atom. The Morgan fingerprint density at radius 1 is 1.12 bits per heavy atom. The predicted molar refractivity (Wildman–Crippen MR) is 124 cm³/mol. The molecule has 1 saturated heterocycles. The topological polar surface area (TPSA) is 88.3 Å². The number of guanidine groups is 1. The molecule has 1 fully saturated rings. The van der Waals surface area contributed by atoms with E-state index in [9.17, 15) is 0 Å². The van der Waals surface area contributed by atoms with Gasteiger partial charge >= 0.3 is 0 Å². The van der Waals surface area contributed by atoms with Crippen LogP contribution in [-0.2, 0) is 17.8 Å². The Balaban J connectivity index is 1.30. The number of nitrogens with one attached hydrogen (secondary N) is 2. The van der Waals surface area contributed by atoms with Crippen molar-refractivity contribution >= 4 is 11.6 Å². The lowest BCUT2D eigenvalue weighted by atomic mass is 10.2. The van der Waals surface area contributed by atoms with E-state index < -0.39 is 0 Å². The van der Waals surface area contributed by atoms with Crippen LogP contribution in [0.4, 0.5) is 0 Å². The smallest absolute Gasteiger partial charge is 0.191 e. The van der Waals surface area contributed by atoms with E-state index in [0.717, 1.165) is 68.1 Å². The van der Waals surface area contributed by atoms with Crippen molar-refractivity contribution in [1.29, 1.82) is 0 Å². The van der Waals surface area contributed by atoms with Crippen molar-refractivity contribution in [3.63, 3.8) is 0 Å². The number of benzene rings is 1. The van der Waals surface area contributed by atoms with Crippen molar-refractivity contribution in [2.45, 2.75) is 20.0 Å². The van der Waals surface area contributed by atoms with Crippen LogP contribution in [0.2, 0.25) is 0 Å². The van der Waals surface area contributed by atoms with Gasteiger partial charge in [-0.15, -0.1) is 10.2 Å². The lowest BCUT2D eigenvalue weighted by Crippen LogP contribution is -2.38. The lowest BCUT2D eigenvalue weighted by molar-refractivity contribution is 0.0322. The molecule has 0 spiro atoms. The maximum atomic E-state index is 5.96. The minimum Gasteiger partial charge on any atom is -0.492 e. The maximum Gasteiger partial charge on any atom is 0.191 e. The number of morpholine rings is 1. The highest BCUT2D eigenvalue weighted by molar-refractivity contribution is 5.79. The molecule has 170 valence electrons. The summed E-state index contributed by atoms with van der Waals surface area (Å²) >= 11 is 0. The Morgan fingerprint density at radius 2 is 2.03 bits per heavy atom. The Kier molecular flexibility index (Phi) is 7.89. The number of hydrogen-bond donors (Lipinski definition) is 2. The molecule has 9 heteroatoms. The first-order valence-electron chi connectivity index (χ1n) is 11.1. The highest BCUT2D eigenvalue weighted by Gasteiger charge is 2.10. The standard InChI is InChI=1S/C23H31N7O2/c1-2-24-23(26-18-22-28-27-21-8-3-4-9-30(21)22)25-17-19-6-5-7-20(16-19)32-15-12-29-10-13-31-14-11-29/h3-9,16H,2,10-15,17-18H2,1H3,(H2,24,25,26). The van der Waals surface area contributed by atoms with E-state index in [1.54, 1.807) is 0 Å². The van der Waals surface area contributed by atoms with Crippen molar-refractivity contribution in [2.24, 2.45) is 4.99 Å². The van der Waals surface area contributed by atoms with Gasteiger partial charge in [0, 0.05) is 32.4 Å². The number of aliphatic imine (C=N–C) groups is 1. The average molecular weight is 438 g/mol. The van der Waals surface area contributed by atoms with E-state index in [-0.39, 0.29) is 0 Å². The van der Waals surface area contributed by atoms with Crippen molar-refractivity contribution < 1.29 is 9.47 Å². The van der Waals surface area contributed by atoms with Gasteiger partial charge in [0.05, 0.1) is 26.3 Å². The minimum absolute atomic E-state index is 0.529. The Labute approximate surface area is 188 Å². The van der Waals surface area contributed by atoms with Gasteiger partial charge in [-0.3, -0.25) is 9.30 Å². The molecule has 2 N–H and O–H groups in total. The maximum absolute atomic E-state index is 5.96. The molecular formula is C23H31N7O2. The molecule has 0 aliphatic carbocycles. The van der Waals surface area contributed by atoms with Gasteiger partial charge in [-0.1, -0.05) is 18.2 Å². The zero-order valence-electron chi connectivity index (χ0n) is 18.5. The second-order valence-electron chi connectivity index (χ2n) is 7.54. The summed E-state index contributed by atoms with van der Waals surface area (Å²) in [4.78, 5) is 7.08. The normalized spacial score (nSPS) is 15.1. The lowest BCUT2D eigenvalue weighted by Gasteiger charge is -2.26. The molecule has 32 heavy (non-hydrogen) atoms. The van der Waals surface area contributed by atoms with Crippen LogP contribution in [0.15, 0.2) is 53.7 Å². The second kappa shape index (κ2) is 11.4. The first kappa shape index (κ1) is 22.0. The average Bonchev–Trinajstić information content (AvgIpc) is 3.25. The predicted octanol–water partition coefficient (Wildman–Crippen LogP) is 1.70. The third kappa shape index (κ3) is 6.18. The molecule has 1 aliphatic heterocycles. The molecule has 9 nitrogen and oxygen atoms in total. The van der Waals surface area contributed by atoms with Crippen LogP contribution in [0.5, 0.6) is 5.75 Å². The zero-order valence-corrected chi connectivity index (χ0v) is 18.5. The molecule has 0 unspecified atom stereocenters. The summed E-state index contributed by atoms with van der Waals surface area (Å²) in [5.41, 5.74) is 1.93. The van der Waals surface area contributed by atoms with Gasteiger partial charge in [-0.25, -0.2) is 4.99 Å². The zero-order chi connectivity index (χ0) is 22.0. The van der Waals surface area contributed by atoms with Gasteiger partial charge in [0.15, 0.2) is 17.4 Å². The van der Waals surface area contributed by atoms with E-state index in [1.165, 1.54) is 0 Å². The second-order valence-corrected chi connectivity index (χ2v) is 7.54. The van der Waals surface area contributed by atoms with Crippen LogP contribution in [0.3, 0.4) is 0 Å². The van der Waals surface area contributed by atoms with Gasteiger partial charge in [0.2, 0.25) is 0 Å². The van der Waals surface area contributed by atoms with Gasteiger partial charge in [0.25, 0.3) is 0 Å². The molecule has 0 atom stereocenters. The van der Waals surface area contributed by atoms with Gasteiger partial charge in [-0.05, 0) is 36.8 Å². The molecule has 2 aromatic heterocycles. The van der Waals surface area contributed by atoms with Crippen molar-refractivity contribution in [1.82, 2.24) is 30.1 Å². The summed E-state index contributed by atoms with van der Waals surface area (Å²) in [6, 6.07) is 14.0. The number of pyridine rings is 1. The molecule has 0 saturated carbocycles. The number of rotatable bonds is 9. The van der Waals surface area contributed by atoms with Gasteiger partial charge in [0.1, 0.15) is 12.4 Å². The molecular weight excluding hydrogens is 406 g/mol. The van der Waals surface area contributed by atoms with E-state index in [0.29, 0.717) is 19.7 Å². The van der Waals surface area contributed by atoms with E-state index in [1.807, 2.05) is 47.9 Å². The molecule has 1 aliphatic rings. The fraction of sp³-hybridized carbons (Fsp3) is 0.435. The van der Waals surface area contributed by atoms with Crippen LogP contribution >= 0.6 is 0 Å². The highest BCUT2D eigenvalue weighted by atomic mass is 16.5. The highest BCUT2D eigenvalue weighted by Crippen LogP contribution is 2.14. The fourth-order valence-corrected chi connectivity index (χ4v) is 3.54. The summed E-state index contributed by atoms with van der Waals surface area (Å²) in [5, 5.41) is 15.1. The summed E-state index contributed by atoms with van der Waals surface area (Å²) in [5.74, 6) is 2.44. The van der Waals surface area contributed by atoms with Crippen LogP contribution in [-0.4, -0.2) is 71.5 Å². The summed E-state index contributed by atoms with van der Waals surface area (Å²) in [6.07, 6.45) is 1.96. The number of nitrogens with zero attached hydrogens (tertiary/aromatic N) is 5. The third-order valence-corrected chi connectivity index (χ3v) is 5.24. The minimum atomic E-state index is 0.529. The summed E-state index contributed by atoms with van der Waals surface area (Å²) < 4.78 is 13.3. The molecule has 3 heterocycles. The Bertz CT molecular complexity index is 1010. The monoisotopic (exact) mass is 437 g/mol. The van der Waals surface area contributed by atoms with E-state index in [4.69, 9.17) is 14.5 Å². The summed E-state index contributed by atoms with van der Waals surface area (Å²) in [7, 11) is 0. The first-order chi connectivity index (χ1) is 15.8. The van der Waals surface area contributed by atoms with Crippen LogP contribution in [0.25, 0.3) is 5.65 Å². The molecule has 0 amide bonds. The third-order valence-electron chi connectivity index (χ3n) is 5.24. The van der Waals surface area contributed by atoms with Gasteiger partial charge < -0.3 is 20.1 Å². The van der Waals surface area contributed by atoms with E-state index >= 15 is 0 Å². The largest absolute Gasteiger partial charge is 0.492 e. The number of fused-ring (bicyclic) bond motifs is 1. The SMILES string of the molecule is CCNC(=NCc1cccc(OCCN2CCOCC2)c1)NCc1nnc2ccccn12. The van der Waals surface area contributed by atoms with Crippen LogP contribution in [0.1, 0.15) is 18.3 Å². The Hall–Kier alpha value is -3.17. The van der Waals surface area contributed by atoms with E-state index in [2.05, 4.69) is 37.9 Å². The number of ether oxygens (including phenoxy) is 2. The molecule has 3 aromatic rings. The molecule has 1 aromatic carbocycles. The number of hydrogen-bond acceptors (Lipinski definition) is 6. The first-order valence-corrected chi connectivity index (χ1v) is 11.1. The van der Waals surface area contributed by atoms with Gasteiger partial charge in [-0.2, -0.15) is 0 Å². The molecule has 4 rings (SSSR count). The molecule has 0 bridgehead atoms. The van der Waals surface area contributed by atoms with Crippen LogP contribution in [0, 0.1) is 0 Å². The summed E-state index contributed by atoms with van der Waals surface area (Å²) in [6.45, 7) is 9.06. The van der Waals surface area contributed by atoms with Crippen molar-refractivity contribution in [2.75, 3.05) is 46.0 Å². The quantitative estimate of drug-likeness (QED) is 0.389.